The summed E-state index contributed by atoms with van der Waals surface area (Å²) < 4.78 is 0. The largest absolute Gasteiger partial charge is 0.312 e. The number of nitrogens with zero attached hydrogens (tertiary/aromatic N) is 1. The van der Waals surface area contributed by atoms with Crippen LogP contribution in [0.15, 0.2) is 0 Å². The molecule has 0 aromatic rings. The van der Waals surface area contributed by atoms with Gasteiger partial charge in [-0.05, 0) is 38.4 Å². The molecular weight excluding hydrogens is 204 g/mol. The quantitative estimate of drug-likeness (QED) is 0.718. The lowest BCUT2D eigenvalue weighted by molar-refractivity contribution is 0.0949. The lowest BCUT2D eigenvalue weighted by Gasteiger charge is -2.40. The van der Waals surface area contributed by atoms with Crippen molar-refractivity contribution in [1.29, 1.82) is 0 Å². The van der Waals surface area contributed by atoms with Gasteiger partial charge in [0, 0.05) is 31.2 Å². The van der Waals surface area contributed by atoms with Crippen LogP contribution >= 0.6 is 12.6 Å². The minimum atomic E-state index is 0.704. The Kier molecular flexibility index (Phi) is 4.35. The van der Waals surface area contributed by atoms with E-state index >= 15 is 0 Å². The molecule has 2 fully saturated rings. The van der Waals surface area contributed by atoms with Gasteiger partial charge in [-0.2, -0.15) is 12.6 Å². The van der Waals surface area contributed by atoms with E-state index in [9.17, 15) is 0 Å². The number of hydrogen-bond donors (Lipinski definition) is 2. The van der Waals surface area contributed by atoms with Crippen molar-refractivity contribution in [3.05, 3.63) is 0 Å². The van der Waals surface area contributed by atoms with Crippen molar-refractivity contribution in [3.63, 3.8) is 0 Å². The Balaban J connectivity index is 1.85. The highest BCUT2D eigenvalue weighted by Crippen LogP contribution is 2.27. The summed E-state index contributed by atoms with van der Waals surface area (Å²) in [5.41, 5.74) is 0. The van der Waals surface area contributed by atoms with Crippen molar-refractivity contribution in [1.82, 2.24) is 10.2 Å². The summed E-state index contributed by atoms with van der Waals surface area (Å²) >= 11 is 4.33. The summed E-state index contributed by atoms with van der Waals surface area (Å²) in [6.07, 6.45) is 6.83. The van der Waals surface area contributed by atoms with Crippen molar-refractivity contribution in [3.8, 4) is 0 Å². The Morgan fingerprint density at radius 3 is 2.73 bits per heavy atom. The predicted octanol–water partition coefficient (Wildman–Crippen LogP) is 1.91. The van der Waals surface area contributed by atoms with E-state index in [1.165, 1.54) is 38.6 Å². The molecule has 0 aromatic heterocycles. The predicted molar refractivity (Wildman–Crippen MR) is 68.7 cm³/mol. The van der Waals surface area contributed by atoms with Crippen LogP contribution in [-0.4, -0.2) is 41.9 Å². The number of thiol groups is 1. The second-order valence-electron chi connectivity index (χ2n) is 5.08. The van der Waals surface area contributed by atoms with Crippen molar-refractivity contribution in [2.24, 2.45) is 0 Å². The van der Waals surface area contributed by atoms with E-state index in [-0.39, 0.29) is 0 Å². The molecule has 15 heavy (non-hydrogen) atoms. The van der Waals surface area contributed by atoms with Crippen LogP contribution in [0.4, 0.5) is 0 Å². The fraction of sp³-hybridized carbons (Fsp3) is 1.00. The lowest BCUT2D eigenvalue weighted by Crippen LogP contribution is -2.47. The van der Waals surface area contributed by atoms with Crippen molar-refractivity contribution < 1.29 is 0 Å². The highest BCUT2D eigenvalue weighted by atomic mass is 32.1. The van der Waals surface area contributed by atoms with Crippen LogP contribution < -0.4 is 5.32 Å². The molecule has 2 nitrogen and oxygen atoms in total. The molecule has 0 unspecified atom stereocenters. The highest BCUT2D eigenvalue weighted by Gasteiger charge is 2.30. The van der Waals surface area contributed by atoms with Crippen LogP contribution in [0.5, 0.6) is 0 Å². The maximum absolute atomic E-state index is 4.33. The van der Waals surface area contributed by atoms with E-state index in [2.05, 4.69) is 29.8 Å². The Labute approximate surface area is 99.2 Å². The summed E-state index contributed by atoms with van der Waals surface area (Å²) in [4.78, 5) is 2.73. The SMILES string of the molecule is C[C@H]1CN[C@@H](CCS)CCN1C1CCC1. The van der Waals surface area contributed by atoms with E-state index < -0.39 is 0 Å². The monoisotopic (exact) mass is 228 g/mol. The molecule has 0 amide bonds. The Morgan fingerprint density at radius 1 is 1.33 bits per heavy atom. The van der Waals surface area contributed by atoms with Gasteiger partial charge in [-0.3, -0.25) is 4.90 Å². The van der Waals surface area contributed by atoms with Gasteiger partial charge in [-0.25, -0.2) is 0 Å². The van der Waals surface area contributed by atoms with E-state index in [1.54, 1.807) is 0 Å². The minimum absolute atomic E-state index is 0.704. The van der Waals surface area contributed by atoms with Crippen molar-refractivity contribution in [2.45, 2.75) is 57.2 Å². The molecule has 88 valence electrons. The molecule has 0 radical (unpaired) electrons. The Hall–Kier alpha value is 0.270. The minimum Gasteiger partial charge on any atom is -0.312 e. The average Bonchev–Trinajstić information content (AvgIpc) is 2.31. The fourth-order valence-corrected chi connectivity index (χ4v) is 3.06. The van der Waals surface area contributed by atoms with E-state index in [4.69, 9.17) is 0 Å². The molecule has 1 N–H and O–H groups in total. The molecule has 1 saturated carbocycles. The maximum atomic E-state index is 4.33. The molecule has 0 aromatic carbocycles. The molecule has 1 heterocycles. The molecule has 2 rings (SSSR count). The van der Waals surface area contributed by atoms with Gasteiger partial charge in [-0.1, -0.05) is 6.42 Å². The summed E-state index contributed by atoms with van der Waals surface area (Å²) in [5, 5.41) is 3.67. The van der Waals surface area contributed by atoms with Gasteiger partial charge in [0.05, 0.1) is 0 Å². The van der Waals surface area contributed by atoms with Gasteiger partial charge in [0.15, 0.2) is 0 Å². The van der Waals surface area contributed by atoms with Gasteiger partial charge in [0.1, 0.15) is 0 Å². The average molecular weight is 228 g/mol. The fourth-order valence-electron chi connectivity index (χ4n) is 2.74. The molecule has 1 aliphatic heterocycles. The van der Waals surface area contributed by atoms with E-state index in [1.807, 2.05) is 0 Å². The first-order valence-corrected chi connectivity index (χ1v) is 7.04. The molecule has 0 spiro atoms. The Bertz CT molecular complexity index is 194. The first-order chi connectivity index (χ1) is 7.31. The summed E-state index contributed by atoms with van der Waals surface area (Å²) in [7, 11) is 0. The van der Waals surface area contributed by atoms with Crippen molar-refractivity contribution in [2.75, 3.05) is 18.8 Å². The van der Waals surface area contributed by atoms with E-state index in [0.717, 1.165) is 24.4 Å². The topological polar surface area (TPSA) is 15.3 Å². The van der Waals surface area contributed by atoms with Gasteiger partial charge in [0.2, 0.25) is 0 Å². The molecule has 2 aliphatic rings. The van der Waals surface area contributed by atoms with Crippen LogP contribution in [0.25, 0.3) is 0 Å². The molecule has 2 atom stereocenters. The molecule has 0 bridgehead atoms. The molecule has 1 saturated heterocycles. The van der Waals surface area contributed by atoms with Gasteiger partial charge < -0.3 is 5.32 Å². The third kappa shape index (κ3) is 2.89. The molecule has 1 aliphatic carbocycles. The van der Waals surface area contributed by atoms with Gasteiger partial charge >= 0.3 is 0 Å². The normalized spacial score (nSPS) is 34.8. The smallest absolute Gasteiger partial charge is 0.0195 e. The first kappa shape index (κ1) is 11.7. The van der Waals surface area contributed by atoms with Crippen LogP contribution in [-0.2, 0) is 0 Å². The second kappa shape index (κ2) is 5.55. The number of hydrogen-bond acceptors (Lipinski definition) is 3. The number of rotatable bonds is 3. The third-order valence-electron chi connectivity index (χ3n) is 4.03. The Morgan fingerprint density at radius 2 is 2.13 bits per heavy atom. The zero-order valence-electron chi connectivity index (χ0n) is 9.78. The zero-order valence-corrected chi connectivity index (χ0v) is 10.7. The van der Waals surface area contributed by atoms with Crippen molar-refractivity contribution >= 4 is 12.6 Å². The summed E-state index contributed by atoms with van der Waals surface area (Å²) in [5.74, 6) is 1.01. The highest BCUT2D eigenvalue weighted by molar-refractivity contribution is 7.80. The van der Waals surface area contributed by atoms with Crippen LogP contribution in [0.2, 0.25) is 0 Å². The number of nitrogens with one attached hydrogen (secondary N) is 1. The standard InChI is InChI=1S/C12H24N2S/c1-10-9-13-11(6-8-15)5-7-14(10)12-3-2-4-12/h10-13,15H,2-9H2,1H3/t10-,11+/m0/s1. The lowest BCUT2D eigenvalue weighted by atomic mass is 9.90. The zero-order chi connectivity index (χ0) is 10.7. The molecular formula is C12H24N2S. The first-order valence-electron chi connectivity index (χ1n) is 6.41. The molecule has 3 heteroatoms. The summed E-state index contributed by atoms with van der Waals surface area (Å²) in [6, 6.07) is 2.33. The van der Waals surface area contributed by atoms with Crippen LogP contribution in [0.1, 0.15) is 39.0 Å². The maximum Gasteiger partial charge on any atom is 0.0195 e. The second-order valence-corrected chi connectivity index (χ2v) is 5.52. The van der Waals surface area contributed by atoms with Crippen LogP contribution in [0.3, 0.4) is 0 Å². The van der Waals surface area contributed by atoms with E-state index in [0.29, 0.717) is 6.04 Å². The van der Waals surface area contributed by atoms with Gasteiger partial charge in [0.25, 0.3) is 0 Å². The summed E-state index contributed by atoms with van der Waals surface area (Å²) in [6.45, 7) is 4.82. The third-order valence-corrected chi connectivity index (χ3v) is 4.28. The van der Waals surface area contributed by atoms with Gasteiger partial charge in [-0.15, -0.1) is 0 Å². The van der Waals surface area contributed by atoms with Crippen LogP contribution in [0, 0.1) is 0 Å².